The van der Waals surface area contributed by atoms with Crippen LogP contribution in [0.2, 0.25) is 0 Å². The van der Waals surface area contributed by atoms with E-state index in [0.29, 0.717) is 24.2 Å². The number of carbonyl (C=O) groups is 1. The Morgan fingerprint density at radius 1 is 1.19 bits per heavy atom. The van der Waals surface area contributed by atoms with E-state index < -0.39 is 6.36 Å². The van der Waals surface area contributed by atoms with E-state index >= 15 is 0 Å². The molecule has 1 amide bonds. The highest BCUT2D eigenvalue weighted by molar-refractivity contribution is 5.94. The molecule has 6 nitrogen and oxygen atoms in total. The number of hydrogen-bond acceptors (Lipinski definition) is 3. The minimum atomic E-state index is -4.73. The standard InChI is InChI=1S/C18H19F3N4O2/c1-23-16(26)13-4-2-3-12(11-13)9-10-24-17(22)25-14-5-7-15(8-6-14)27-18(19,20)21/h2-8,11H,9-10H2,1H3,(H,23,26)(H3,22,24,25). The van der Waals surface area contributed by atoms with Gasteiger partial charge in [0.05, 0.1) is 0 Å². The fourth-order valence-corrected chi connectivity index (χ4v) is 2.25. The van der Waals surface area contributed by atoms with E-state index in [1.54, 1.807) is 25.2 Å². The number of alkyl halides is 3. The maximum absolute atomic E-state index is 12.1. The lowest BCUT2D eigenvalue weighted by Gasteiger charge is -2.10. The number of amides is 1. The van der Waals surface area contributed by atoms with Crippen LogP contribution in [0.1, 0.15) is 15.9 Å². The predicted molar refractivity (Wildman–Crippen MR) is 96.8 cm³/mol. The van der Waals surface area contributed by atoms with Crippen LogP contribution in [0.4, 0.5) is 18.9 Å². The van der Waals surface area contributed by atoms with Crippen LogP contribution in [-0.2, 0) is 6.42 Å². The summed E-state index contributed by atoms with van der Waals surface area (Å²) in [7, 11) is 1.56. The van der Waals surface area contributed by atoms with Crippen molar-refractivity contribution in [1.29, 1.82) is 0 Å². The molecular weight excluding hydrogens is 361 g/mol. The van der Waals surface area contributed by atoms with E-state index in [9.17, 15) is 18.0 Å². The summed E-state index contributed by atoms with van der Waals surface area (Å²) in [6, 6.07) is 12.3. The second kappa shape index (κ2) is 8.93. The number of benzene rings is 2. The van der Waals surface area contributed by atoms with Crippen molar-refractivity contribution >= 4 is 17.6 Å². The van der Waals surface area contributed by atoms with Crippen LogP contribution in [0, 0.1) is 0 Å². The maximum Gasteiger partial charge on any atom is 0.573 e. The SMILES string of the molecule is CNC(=O)c1cccc(CCN=C(N)Nc2ccc(OC(F)(F)F)cc2)c1. The Bertz CT molecular complexity index is 805. The quantitative estimate of drug-likeness (QED) is 0.531. The van der Waals surface area contributed by atoms with Crippen molar-refractivity contribution in [2.75, 3.05) is 18.9 Å². The Morgan fingerprint density at radius 3 is 2.52 bits per heavy atom. The molecule has 0 bridgehead atoms. The number of nitrogens with one attached hydrogen (secondary N) is 2. The molecule has 0 saturated carbocycles. The number of nitrogens with two attached hydrogens (primary N) is 1. The van der Waals surface area contributed by atoms with E-state index in [1.165, 1.54) is 24.3 Å². The Balaban J connectivity index is 1.88. The molecule has 27 heavy (non-hydrogen) atoms. The normalized spacial score (nSPS) is 11.8. The molecule has 0 aliphatic carbocycles. The van der Waals surface area contributed by atoms with Gasteiger partial charge in [0.15, 0.2) is 5.96 Å². The summed E-state index contributed by atoms with van der Waals surface area (Å²) in [4.78, 5) is 15.8. The van der Waals surface area contributed by atoms with Crippen molar-refractivity contribution in [2.45, 2.75) is 12.8 Å². The van der Waals surface area contributed by atoms with Crippen molar-refractivity contribution in [3.63, 3.8) is 0 Å². The fourth-order valence-electron chi connectivity index (χ4n) is 2.25. The third-order valence-corrected chi connectivity index (χ3v) is 3.46. The molecule has 0 aliphatic heterocycles. The lowest BCUT2D eigenvalue weighted by atomic mass is 10.1. The molecule has 0 fully saturated rings. The third-order valence-electron chi connectivity index (χ3n) is 3.46. The van der Waals surface area contributed by atoms with Crippen LogP contribution in [0.25, 0.3) is 0 Å². The molecule has 9 heteroatoms. The molecule has 144 valence electrons. The number of anilines is 1. The van der Waals surface area contributed by atoms with E-state index in [-0.39, 0.29) is 17.6 Å². The van der Waals surface area contributed by atoms with Crippen molar-refractivity contribution < 1.29 is 22.7 Å². The topological polar surface area (TPSA) is 88.7 Å². The summed E-state index contributed by atoms with van der Waals surface area (Å²) in [6.07, 6.45) is -4.16. The zero-order chi connectivity index (χ0) is 19.9. The number of halogens is 3. The highest BCUT2D eigenvalue weighted by Crippen LogP contribution is 2.23. The van der Waals surface area contributed by atoms with Gasteiger partial charge in [-0.3, -0.25) is 9.79 Å². The first-order chi connectivity index (χ1) is 12.8. The monoisotopic (exact) mass is 380 g/mol. The van der Waals surface area contributed by atoms with Gasteiger partial charge in [0.2, 0.25) is 0 Å². The van der Waals surface area contributed by atoms with Crippen molar-refractivity contribution in [3.05, 3.63) is 59.7 Å². The number of rotatable bonds is 6. The summed E-state index contributed by atoms with van der Waals surface area (Å²) < 4.78 is 40.2. The van der Waals surface area contributed by atoms with Gasteiger partial charge in [-0.25, -0.2) is 0 Å². The summed E-state index contributed by atoms with van der Waals surface area (Å²) in [5.41, 5.74) is 7.75. The summed E-state index contributed by atoms with van der Waals surface area (Å²) in [6.45, 7) is 0.380. The average molecular weight is 380 g/mol. The Morgan fingerprint density at radius 2 is 1.89 bits per heavy atom. The lowest BCUT2D eigenvalue weighted by Crippen LogP contribution is -2.23. The molecule has 2 aromatic carbocycles. The van der Waals surface area contributed by atoms with Gasteiger partial charge in [0.25, 0.3) is 5.91 Å². The van der Waals surface area contributed by atoms with Crippen LogP contribution in [-0.4, -0.2) is 31.8 Å². The molecule has 0 heterocycles. The zero-order valence-electron chi connectivity index (χ0n) is 14.5. The highest BCUT2D eigenvalue weighted by Gasteiger charge is 2.30. The second-order valence-electron chi connectivity index (χ2n) is 5.49. The van der Waals surface area contributed by atoms with Gasteiger partial charge >= 0.3 is 6.36 Å². The Kier molecular flexibility index (Phi) is 6.64. The molecular formula is C18H19F3N4O2. The van der Waals surface area contributed by atoms with Crippen LogP contribution in [0.5, 0.6) is 5.75 Å². The molecule has 4 N–H and O–H groups in total. The van der Waals surface area contributed by atoms with Gasteiger partial charge in [-0.1, -0.05) is 12.1 Å². The Hall–Kier alpha value is -3.23. The number of nitrogens with zero attached hydrogens (tertiary/aromatic N) is 1. The van der Waals surface area contributed by atoms with Crippen molar-refractivity contribution in [3.8, 4) is 5.75 Å². The van der Waals surface area contributed by atoms with Crippen molar-refractivity contribution in [1.82, 2.24) is 5.32 Å². The minimum absolute atomic E-state index is 0.127. The van der Waals surface area contributed by atoms with Gasteiger partial charge in [-0.15, -0.1) is 13.2 Å². The molecule has 0 unspecified atom stereocenters. The molecule has 0 aliphatic rings. The summed E-state index contributed by atoms with van der Waals surface area (Å²) >= 11 is 0. The first-order valence-corrected chi connectivity index (χ1v) is 8.00. The maximum atomic E-state index is 12.1. The number of ether oxygens (including phenoxy) is 1. The second-order valence-corrected chi connectivity index (χ2v) is 5.49. The number of aliphatic imine (C=N–C) groups is 1. The van der Waals surface area contributed by atoms with Crippen molar-refractivity contribution in [2.24, 2.45) is 10.7 Å². The predicted octanol–water partition coefficient (Wildman–Crippen LogP) is 2.91. The third kappa shape index (κ3) is 6.89. The Labute approximate surface area is 154 Å². The van der Waals surface area contributed by atoms with Gasteiger partial charge in [0.1, 0.15) is 5.75 Å². The molecule has 0 aromatic heterocycles. The molecule has 0 spiro atoms. The van der Waals surface area contributed by atoms with Crippen LogP contribution in [0.15, 0.2) is 53.5 Å². The minimum Gasteiger partial charge on any atom is -0.406 e. The van der Waals surface area contributed by atoms with E-state index in [2.05, 4.69) is 20.4 Å². The molecule has 0 atom stereocenters. The first-order valence-electron chi connectivity index (χ1n) is 8.00. The van der Waals surface area contributed by atoms with Crippen LogP contribution >= 0.6 is 0 Å². The van der Waals surface area contributed by atoms with Gasteiger partial charge in [0, 0.05) is 24.8 Å². The number of guanidine groups is 1. The smallest absolute Gasteiger partial charge is 0.406 e. The highest BCUT2D eigenvalue weighted by atomic mass is 19.4. The number of hydrogen-bond donors (Lipinski definition) is 3. The van der Waals surface area contributed by atoms with E-state index in [0.717, 1.165) is 5.56 Å². The van der Waals surface area contributed by atoms with E-state index in [1.807, 2.05) is 6.07 Å². The molecule has 2 aromatic rings. The summed E-state index contributed by atoms with van der Waals surface area (Å²) in [5.74, 6) is -0.360. The molecule has 0 saturated heterocycles. The summed E-state index contributed by atoms with van der Waals surface area (Å²) in [5, 5.41) is 5.34. The first kappa shape index (κ1) is 20.1. The fraction of sp³-hybridized carbons (Fsp3) is 0.222. The molecule has 0 radical (unpaired) electrons. The molecule has 2 rings (SSSR count). The van der Waals surface area contributed by atoms with Crippen LogP contribution in [0.3, 0.4) is 0 Å². The number of carbonyl (C=O) groups excluding carboxylic acids is 1. The van der Waals surface area contributed by atoms with Gasteiger partial charge in [-0.05, 0) is 48.4 Å². The largest absolute Gasteiger partial charge is 0.573 e. The zero-order valence-corrected chi connectivity index (χ0v) is 14.5. The average Bonchev–Trinajstić information content (AvgIpc) is 2.62. The van der Waals surface area contributed by atoms with Gasteiger partial charge < -0.3 is 21.1 Å². The lowest BCUT2D eigenvalue weighted by molar-refractivity contribution is -0.274. The van der Waals surface area contributed by atoms with Crippen LogP contribution < -0.4 is 21.1 Å². The van der Waals surface area contributed by atoms with Gasteiger partial charge in [-0.2, -0.15) is 0 Å². The van der Waals surface area contributed by atoms with E-state index in [4.69, 9.17) is 5.73 Å².